The van der Waals surface area contributed by atoms with E-state index in [9.17, 15) is 18.4 Å². The number of amides is 1. The third-order valence-corrected chi connectivity index (χ3v) is 5.82. The molecule has 0 spiro atoms. The molecule has 0 radical (unpaired) electrons. The number of hydrogen-bond donors (Lipinski definition) is 2. The van der Waals surface area contributed by atoms with Gasteiger partial charge in [0.2, 0.25) is 6.43 Å². The molecule has 1 heterocycles. The van der Waals surface area contributed by atoms with Crippen molar-refractivity contribution in [3.8, 4) is 11.1 Å². The molecule has 0 bridgehead atoms. The molecule has 0 saturated heterocycles. The summed E-state index contributed by atoms with van der Waals surface area (Å²) in [5, 5.41) is 6.87. The van der Waals surface area contributed by atoms with E-state index >= 15 is 0 Å². The van der Waals surface area contributed by atoms with Gasteiger partial charge in [0.15, 0.2) is 0 Å². The summed E-state index contributed by atoms with van der Waals surface area (Å²) in [6, 6.07) is 12.8. The fourth-order valence-corrected chi connectivity index (χ4v) is 4.12. The second-order valence-corrected chi connectivity index (χ2v) is 8.33. The van der Waals surface area contributed by atoms with Crippen LogP contribution in [0, 0.1) is 5.92 Å². The van der Waals surface area contributed by atoms with Crippen LogP contribution in [0.2, 0.25) is 5.02 Å². The Morgan fingerprint density at radius 2 is 1.94 bits per heavy atom. The Morgan fingerprint density at radius 1 is 1.21 bits per heavy atom. The first-order valence-corrected chi connectivity index (χ1v) is 11.5. The molecule has 2 unspecified atom stereocenters. The summed E-state index contributed by atoms with van der Waals surface area (Å²) < 4.78 is 28.0. The van der Waals surface area contributed by atoms with Crippen molar-refractivity contribution >= 4 is 40.9 Å². The standard InChI is InChI=1S/C22H21ClF2N4O3S/c1-33-12-16(20(24)25)19(22(31)32-29-11-14(10-27-29)21(26)30)28-18-15(8-5-9-17(18)23)13-6-3-2-4-7-13/h2-11,16,19-20,28H,12H2,1H3,(H2,26,30). The van der Waals surface area contributed by atoms with Crippen LogP contribution in [0.4, 0.5) is 14.5 Å². The number of aromatic nitrogens is 2. The van der Waals surface area contributed by atoms with E-state index in [1.807, 2.05) is 30.3 Å². The number of anilines is 1. The number of thioether (sulfide) groups is 1. The van der Waals surface area contributed by atoms with Crippen molar-refractivity contribution in [2.45, 2.75) is 12.5 Å². The summed E-state index contributed by atoms with van der Waals surface area (Å²) in [7, 11) is 0. The number of para-hydroxylation sites is 1. The minimum absolute atomic E-state index is 0.000648. The van der Waals surface area contributed by atoms with Crippen LogP contribution in [0.25, 0.3) is 11.1 Å². The molecule has 0 aliphatic heterocycles. The van der Waals surface area contributed by atoms with Gasteiger partial charge in [-0.25, -0.2) is 13.6 Å². The summed E-state index contributed by atoms with van der Waals surface area (Å²) in [4.78, 5) is 30.2. The minimum Gasteiger partial charge on any atom is -0.370 e. The van der Waals surface area contributed by atoms with Crippen molar-refractivity contribution in [2.75, 3.05) is 17.3 Å². The Hall–Kier alpha value is -3.11. The first kappa shape index (κ1) is 24.5. The van der Waals surface area contributed by atoms with Crippen LogP contribution in [0.5, 0.6) is 0 Å². The molecule has 0 aliphatic rings. The van der Waals surface area contributed by atoms with E-state index in [0.29, 0.717) is 16.1 Å². The molecule has 0 saturated carbocycles. The summed E-state index contributed by atoms with van der Waals surface area (Å²) in [6.45, 7) is 0. The van der Waals surface area contributed by atoms with Crippen LogP contribution in [0.3, 0.4) is 0 Å². The predicted molar refractivity (Wildman–Crippen MR) is 125 cm³/mol. The van der Waals surface area contributed by atoms with E-state index in [1.165, 1.54) is 11.8 Å². The van der Waals surface area contributed by atoms with Gasteiger partial charge >= 0.3 is 5.97 Å². The second kappa shape index (κ2) is 11.2. The zero-order valence-electron chi connectivity index (χ0n) is 17.5. The van der Waals surface area contributed by atoms with E-state index in [1.54, 1.807) is 24.5 Å². The van der Waals surface area contributed by atoms with E-state index in [-0.39, 0.29) is 16.3 Å². The number of alkyl halides is 2. The number of carbonyl (C=O) groups excluding carboxylic acids is 2. The Labute approximate surface area is 198 Å². The molecule has 1 aromatic heterocycles. The van der Waals surface area contributed by atoms with Gasteiger partial charge in [0.1, 0.15) is 6.04 Å². The van der Waals surface area contributed by atoms with E-state index < -0.39 is 30.3 Å². The first-order chi connectivity index (χ1) is 15.8. The number of benzene rings is 2. The number of carbonyl (C=O) groups is 2. The van der Waals surface area contributed by atoms with Crippen LogP contribution in [-0.4, -0.2) is 46.3 Å². The summed E-state index contributed by atoms with van der Waals surface area (Å²) in [5.74, 6) is -3.23. The zero-order valence-corrected chi connectivity index (χ0v) is 19.0. The molecule has 0 fully saturated rings. The molecule has 2 aromatic carbocycles. The normalized spacial score (nSPS) is 12.9. The molecule has 7 nitrogen and oxygen atoms in total. The van der Waals surface area contributed by atoms with Crippen LogP contribution >= 0.6 is 23.4 Å². The van der Waals surface area contributed by atoms with Gasteiger partial charge in [0, 0.05) is 11.3 Å². The lowest BCUT2D eigenvalue weighted by Gasteiger charge is -2.27. The number of nitrogens with zero attached hydrogens (tertiary/aromatic N) is 2. The lowest BCUT2D eigenvalue weighted by Crippen LogP contribution is -2.46. The monoisotopic (exact) mass is 494 g/mol. The van der Waals surface area contributed by atoms with E-state index in [2.05, 4.69) is 10.4 Å². The average molecular weight is 495 g/mol. The molecule has 33 heavy (non-hydrogen) atoms. The minimum atomic E-state index is -2.83. The van der Waals surface area contributed by atoms with Crippen molar-refractivity contribution in [1.82, 2.24) is 9.94 Å². The number of rotatable bonds is 10. The van der Waals surface area contributed by atoms with Gasteiger partial charge in [-0.05, 0) is 17.9 Å². The van der Waals surface area contributed by atoms with Crippen LogP contribution in [-0.2, 0) is 4.79 Å². The van der Waals surface area contributed by atoms with Crippen LogP contribution < -0.4 is 15.9 Å². The van der Waals surface area contributed by atoms with Crippen LogP contribution in [0.15, 0.2) is 60.9 Å². The number of primary amides is 1. The molecule has 174 valence electrons. The quantitative estimate of drug-likeness (QED) is 0.442. The van der Waals surface area contributed by atoms with Gasteiger partial charge < -0.3 is 15.9 Å². The van der Waals surface area contributed by atoms with Crippen molar-refractivity contribution in [3.05, 3.63) is 71.5 Å². The summed E-state index contributed by atoms with van der Waals surface area (Å²) in [6.07, 6.45) is 1.03. The fraction of sp³-hybridized carbons (Fsp3) is 0.227. The maximum Gasteiger partial charge on any atom is 0.357 e. The predicted octanol–water partition coefficient (Wildman–Crippen LogP) is 3.98. The molecule has 2 atom stereocenters. The van der Waals surface area contributed by atoms with Gasteiger partial charge in [0.25, 0.3) is 5.91 Å². The van der Waals surface area contributed by atoms with Crippen molar-refractivity contribution < 1.29 is 23.2 Å². The Kier molecular flexibility index (Phi) is 8.29. The summed E-state index contributed by atoms with van der Waals surface area (Å²) in [5.41, 5.74) is 6.91. The molecule has 3 N–H and O–H groups in total. The van der Waals surface area contributed by atoms with Gasteiger partial charge in [-0.2, -0.15) is 11.8 Å². The summed E-state index contributed by atoms with van der Waals surface area (Å²) >= 11 is 7.58. The zero-order chi connectivity index (χ0) is 24.0. The topological polar surface area (TPSA) is 99.2 Å². The highest BCUT2D eigenvalue weighted by Gasteiger charge is 2.37. The van der Waals surface area contributed by atoms with Crippen molar-refractivity contribution in [2.24, 2.45) is 11.7 Å². The molecular weight excluding hydrogens is 474 g/mol. The molecule has 11 heteroatoms. The van der Waals surface area contributed by atoms with E-state index in [0.717, 1.165) is 18.0 Å². The number of hydrogen-bond acceptors (Lipinski definition) is 6. The SMILES string of the molecule is CSCC(C(F)F)C(Nc1c(Cl)cccc1-c1ccccc1)C(=O)On1cc(C(N)=O)cn1. The van der Waals surface area contributed by atoms with Crippen molar-refractivity contribution in [1.29, 1.82) is 0 Å². The van der Waals surface area contributed by atoms with E-state index in [4.69, 9.17) is 22.2 Å². The molecule has 1 amide bonds. The lowest BCUT2D eigenvalue weighted by atomic mass is 9.99. The van der Waals surface area contributed by atoms with Gasteiger partial charge in [-0.1, -0.05) is 58.9 Å². The number of halogens is 3. The second-order valence-electron chi connectivity index (χ2n) is 7.01. The van der Waals surface area contributed by atoms with Gasteiger partial charge in [0.05, 0.1) is 34.6 Å². The van der Waals surface area contributed by atoms with Crippen LogP contribution in [0.1, 0.15) is 10.4 Å². The molecule has 3 rings (SSSR count). The first-order valence-electron chi connectivity index (χ1n) is 9.76. The van der Waals surface area contributed by atoms with Gasteiger partial charge in [-0.3, -0.25) is 4.79 Å². The fourth-order valence-electron chi connectivity index (χ4n) is 3.16. The maximum atomic E-state index is 14.0. The number of nitrogens with two attached hydrogens (primary N) is 1. The third-order valence-electron chi connectivity index (χ3n) is 4.79. The van der Waals surface area contributed by atoms with Gasteiger partial charge in [-0.15, -0.1) is 5.10 Å². The Morgan fingerprint density at radius 3 is 2.55 bits per heavy atom. The molecule has 3 aromatic rings. The lowest BCUT2D eigenvalue weighted by molar-refractivity contribution is -0.149. The maximum absolute atomic E-state index is 14.0. The molecular formula is C22H21ClF2N4O3S. The highest BCUT2D eigenvalue weighted by Crippen LogP contribution is 2.36. The third kappa shape index (κ3) is 6.02. The highest BCUT2D eigenvalue weighted by atomic mass is 35.5. The Balaban J connectivity index is 1.98. The smallest absolute Gasteiger partial charge is 0.357 e. The number of nitrogens with one attached hydrogen (secondary N) is 1. The van der Waals surface area contributed by atoms with Crippen molar-refractivity contribution in [3.63, 3.8) is 0 Å². The Bertz CT molecular complexity index is 1110. The highest BCUT2D eigenvalue weighted by molar-refractivity contribution is 7.98. The largest absolute Gasteiger partial charge is 0.370 e. The average Bonchev–Trinajstić information content (AvgIpc) is 3.26. The molecule has 0 aliphatic carbocycles.